The molecule has 102 valence electrons. The van der Waals surface area contributed by atoms with Crippen LogP contribution in [0, 0.1) is 11.3 Å². The van der Waals surface area contributed by atoms with Crippen LogP contribution in [-0.2, 0) is 9.47 Å². The second-order valence-corrected chi connectivity index (χ2v) is 5.38. The molecule has 4 heteroatoms. The number of ether oxygens (including phenoxy) is 2. The number of rotatable bonds is 5. The highest BCUT2D eigenvalue weighted by molar-refractivity contribution is 6.06. The third-order valence-corrected chi connectivity index (χ3v) is 4.05. The summed E-state index contributed by atoms with van der Waals surface area (Å²) in [7, 11) is 0. The van der Waals surface area contributed by atoms with E-state index in [4.69, 9.17) is 14.5 Å². The molecule has 0 amide bonds. The minimum Gasteiger partial charge on any atom is -0.478 e. The Balaban J connectivity index is 2.28. The molecule has 2 aliphatic rings. The molecule has 2 aliphatic heterocycles. The highest BCUT2D eigenvalue weighted by atomic mass is 16.5. The van der Waals surface area contributed by atoms with E-state index in [1.807, 2.05) is 0 Å². The molecule has 0 aromatic carbocycles. The second-order valence-electron chi connectivity index (χ2n) is 5.38. The Bertz CT molecular complexity index is 357. The molecular weight excluding hydrogens is 228 g/mol. The summed E-state index contributed by atoms with van der Waals surface area (Å²) in [6.07, 6.45) is 1.85. The molecular formula is C14H24N2O2. The van der Waals surface area contributed by atoms with Crippen molar-refractivity contribution in [2.45, 2.75) is 46.6 Å². The fourth-order valence-corrected chi connectivity index (χ4v) is 2.56. The van der Waals surface area contributed by atoms with E-state index in [-0.39, 0.29) is 11.5 Å². The normalized spacial score (nSPS) is 23.7. The minimum atomic E-state index is -0.236. The van der Waals surface area contributed by atoms with Crippen LogP contribution in [0.15, 0.2) is 9.98 Å². The first-order valence-corrected chi connectivity index (χ1v) is 7.02. The van der Waals surface area contributed by atoms with Gasteiger partial charge >= 0.3 is 0 Å². The molecule has 0 fully saturated rings. The maximum atomic E-state index is 5.88. The van der Waals surface area contributed by atoms with Crippen LogP contribution in [0.1, 0.15) is 40.5 Å². The molecule has 0 radical (unpaired) electrons. The van der Waals surface area contributed by atoms with Gasteiger partial charge in [0.25, 0.3) is 0 Å². The van der Waals surface area contributed by atoms with Crippen molar-refractivity contribution in [1.82, 2.24) is 0 Å². The molecule has 4 nitrogen and oxygen atoms in total. The van der Waals surface area contributed by atoms with E-state index in [1.54, 1.807) is 0 Å². The Morgan fingerprint density at radius 3 is 2.39 bits per heavy atom. The average Bonchev–Trinajstić information content (AvgIpc) is 3.02. The highest BCUT2D eigenvalue weighted by Gasteiger charge is 2.45. The maximum absolute atomic E-state index is 5.88. The number of hydrogen-bond donors (Lipinski definition) is 0. The predicted molar refractivity (Wildman–Crippen MR) is 73.3 cm³/mol. The third kappa shape index (κ3) is 2.13. The van der Waals surface area contributed by atoms with Gasteiger partial charge in [-0.15, -0.1) is 0 Å². The average molecular weight is 252 g/mol. The fourth-order valence-electron chi connectivity index (χ4n) is 2.56. The van der Waals surface area contributed by atoms with Gasteiger partial charge in [0.1, 0.15) is 18.6 Å². The van der Waals surface area contributed by atoms with Gasteiger partial charge in [0.15, 0.2) is 11.8 Å². The van der Waals surface area contributed by atoms with Crippen LogP contribution < -0.4 is 0 Å². The smallest absolute Gasteiger partial charge is 0.199 e. The van der Waals surface area contributed by atoms with Crippen molar-refractivity contribution in [2.24, 2.45) is 21.3 Å². The lowest BCUT2D eigenvalue weighted by atomic mass is 9.81. The van der Waals surface area contributed by atoms with E-state index in [2.05, 4.69) is 32.7 Å². The van der Waals surface area contributed by atoms with Crippen molar-refractivity contribution < 1.29 is 9.47 Å². The van der Waals surface area contributed by atoms with Crippen molar-refractivity contribution >= 4 is 11.8 Å². The predicted octanol–water partition coefficient (Wildman–Crippen LogP) is 2.67. The van der Waals surface area contributed by atoms with Gasteiger partial charge in [-0.3, -0.25) is 4.99 Å². The highest BCUT2D eigenvalue weighted by Crippen LogP contribution is 2.36. The molecule has 0 bridgehead atoms. The summed E-state index contributed by atoms with van der Waals surface area (Å²) in [5.74, 6) is 2.18. The van der Waals surface area contributed by atoms with Gasteiger partial charge in [-0.25, -0.2) is 4.99 Å². The van der Waals surface area contributed by atoms with Crippen LogP contribution in [0.5, 0.6) is 0 Å². The van der Waals surface area contributed by atoms with Crippen LogP contribution in [0.2, 0.25) is 0 Å². The van der Waals surface area contributed by atoms with Gasteiger partial charge in [0.05, 0.1) is 12.6 Å². The summed E-state index contributed by atoms with van der Waals surface area (Å²) in [6, 6.07) is 0.277. The van der Waals surface area contributed by atoms with Crippen LogP contribution in [0.4, 0.5) is 0 Å². The van der Waals surface area contributed by atoms with Gasteiger partial charge in [-0.1, -0.05) is 27.7 Å². The van der Waals surface area contributed by atoms with E-state index in [0.29, 0.717) is 19.1 Å². The molecule has 0 aromatic rings. The zero-order valence-corrected chi connectivity index (χ0v) is 11.9. The zero-order valence-electron chi connectivity index (χ0n) is 11.9. The van der Waals surface area contributed by atoms with Crippen molar-refractivity contribution in [3.8, 4) is 0 Å². The van der Waals surface area contributed by atoms with Crippen LogP contribution in [-0.4, -0.2) is 37.6 Å². The molecule has 18 heavy (non-hydrogen) atoms. The van der Waals surface area contributed by atoms with Gasteiger partial charge in [0.2, 0.25) is 0 Å². The van der Waals surface area contributed by atoms with Crippen LogP contribution >= 0.6 is 0 Å². The van der Waals surface area contributed by atoms with E-state index < -0.39 is 0 Å². The van der Waals surface area contributed by atoms with Crippen molar-refractivity contribution in [1.29, 1.82) is 0 Å². The Morgan fingerprint density at radius 2 is 1.94 bits per heavy atom. The number of hydrogen-bond acceptors (Lipinski definition) is 4. The Labute approximate surface area is 109 Å². The molecule has 0 saturated carbocycles. The first kappa shape index (κ1) is 13.4. The SMILES string of the molecule is CCC(CC)(C1=NCCO1)C1=N[C@@H](C(C)C)CO1. The van der Waals surface area contributed by atoms with Gasteiger partial charge in [-0.05, 0) is 18.8 Å². The Morgan fingerprint density at radius 1 is 1.22 bits per heavy atom. The second kappa shape index (κ2) is 5.29. The summed E-state index contributed by atoms with van der Waals surface area (Å²) in [4.78, 5) is 9.28. The fraction of sp³-hybridized carbons (Fsp3) is 0.857. The van der Waals surface area contributed by atoms with E-state index >= 15 is 0 Å². The molecule has 2 heterocycles. The monoisotopic (exact) mass is 252 g/mol. The summed E-state index contributed by atoms with van der Waals surface area (Å²) in [5, 5.41) is 0. The van der Waals surface area contributed by atoms with Crippen molar-refractivity contribution in [3.63, 3.8) is 0 Å². The lowest BCUT2D eigenvalue weighted by molar-refractivity contribution is 0.242. The standard InChI is InChI=1S/C14H24N2O2/c1-5-14(6-2,12-15-7-8-17-12)13-16-11(9-18-13)10(3)4/h10-11H,5-9H2,1-4H3/t11-/m1/s1. The molecule has 0 unspecified atom stereocenters. The zero-order chi connectivity index (χ0) is 13.2. The molecule has 0 spiro atoms. The quantitative estimate of drug-likeness (QED) is 0.755. The van der Waals surface area contributed by atoms with Crippen molar-refractivity contribution in [2.75, 3.05) is 19.8 Å². The topological polar surface area (TPSA) is 43.2 Å². The minimum absolute atomic E-state index is 0.236. The third-order valence-electron chi connectivity index (χ3n) is 4.05. The molecule has 0 N–H and O–H groups in total. The lowest BCUT2D eigenvalue weighted by Crippen LogP contribution is -2.39. The number of nitrogens with zero attached hydrogens (tertiary/aromatic N) is 2. The Hall–Kier alpha value is -1.06. The lowest BCUT2D eigenvalue weighted by Gasteiger charge is -2.29. The van der Waals surface area contributed by atoms with Crippen molar-refractivity contribution in [3.05, 3.63) is 0 Å². The van der Waals surface area contributed by atoms with Gasteiger partial charge in [-0.2, -0.15) is 0 Å². The molecule has 0 aromatic heterocycles. The van der Waals surface area contributed by atoms with Gasteiger partial charge in [0, 0.05) is 0 Å². The van der Waals surface area contributed by atoms with Crippen LogP contribution in [0.25, 0.3) is 0 Å². The maximum Gasteiger partial charge on any atom is 0.199 e. The molecule has 1 atom stereocenters. The van der Waals surface area contributed by atoms with E-state index in [0.717, 1.165) is 31.2 Å². The van der Waals surface area contributed by atoms with E-state index in [1.165, 1.54) is 0 Å². The number of aliphatic imine (C=N–C) groups is 2. The molecule has 2 rings (SSSR count). The van der Waals surface area contributed by atoms with Crippen LogP contribution in [0.3, 0.4) is 0 Å². The summed E-state index contributed by atoms with van der Waals surface area (Å²) >= 11 is 0. The largest absolute Gasteiger partial charge is 0.478 e. The first-order chi connectivity index (χ1) is 8.64. The molecule has 0 saturated heterocycles. The first-order valence-electron chi connectivity index (χ1n) is 7.02. The molecule has 0 aliphatic carbocycles. The van der Waals surface area contributed by atoms with E-state index in [9.17, 15) is 0 Å². The summed E-state index contributed by atoms with van der Waals surface area (Å²) in [6.45, 7) is 10.8. The summed E-state index contributed by atoms with van der Waals surface area (Å²) in [5.41, 5.74) is -0.236. The Kier molecular flexibility index (Phi) is 3.93. The van der Waals surface area contributed by atoms with Gasteiger partial charge < -0.3 is 9.47 Å². The summed E-state index contributed by atoms with van der Waals surface area (Å²) < 4.78 is 11.6.